The summed E-state index contributed by atoms with van der Waals surface area (Å²) < 4.78 is 12.4. The molecular formula is C19H30N4O5. The van der Waals surface area contributed by atoms with Crippen LogP contribution in [0, 0.1) is 6.92 Å². The third kappa shape index (κ3) is 6.58. The molecule has 0 saturated heterocycles. The minimum absolute atomic E-state index is 0.0433. The van der Waals surface area contributed by atoms with Gasteiger partial charge in [0.25, 0.3) is 0 Å². The van der Waals surface area contributed by atoms with Gasteiger partial charge in [0.1, 0.15) is 17.4 Å². The van der Waals surface area contributed by atoms with E-state index in [1.807, 2.05) is 0 Å². The van der Waals surface area contributed by atoms with Crippen molar-refractivity contribution < 1.29 is 24.2 Å². The van der Waals surface area contributed by atoms with Gasteiger partial charge in [-0.05, 0) is 40.5 Å². The zero-order chi connectivity index (χ0) is 21.5. The summed E-state index contributed by atoms with van der Waals surface area (Å²) in [5.41, 5.74) is 1.07. The van der Waals surface area contributed by atoms with E-state index in [4.69, 9.17) is 14.6 Å². The minimum atomic E-state index is -0.687. The van der Waals surface area contributed by atoms with Gasteiger partial charge in [-0.2, -0.15) is 5.10 Å². The molecular weight excluding hydrogens is 364 g/mol. The molecule has 1 amide bonds. The molecule has 1 heterocycles. The zero-order valence-corrected chi connectivity index (χ0v) is 17.4. The summed E-state index contributed by atoms with van der Waals surface area (Å²) in [5.74, 6) is -0.258. The largest absolute Gasteiger partial charge is 0.444 e. The number of hydrogen-bond acceptors (Lipinski definition) is 7. The number of nitrogens with zero attached hydrogens (tertiary/aromatic N) is 4. The summed E-state index contributed by atoms with van der Waals surface area (Å²) in [4.78, 5) is 29.3. The lowest BCUT2D eigenvalue weighted by atomic mass is 10.1. The molecule has 0 saturated carbocycles. The predicted octanol–water partition coefficient (Wildman–Crippen LogP) is 2.44. The summed E-state index contributed by atoms with van der Waals surface area (Å²) >= 11 is 0. The minimum Gasteiger partial charge on any atom is -0.444 e. The smallest absolute Gasteiger partial charge is 0.410 e. The molecule has 0 bridgehead atoms. The fourth-order valence-corrected chi connectivity index (χ4v) is 2.49. The van der Waals surface area contributed by atoms with Gasteiger partial charge >= 0.3 is 6.09 Å². The first-order valence-corrected chi connectivity index (χ1v) is 8.91. The van der Waals surface area contributed by atoms with E-state index in [2.05, 4.69) is 16.8 Å². The fraction of sp³-hybridized carbons (Fsp3) is 0.579. The predicted molar refractivity (Wildman–Crippen MR) is 106 cm³/mol. The van der Waals surface area contributed by atoms with Crippen molar-refractivity contribution >= 4 is 24.8 Å². The Morgan fingerprint density at radius 1 is 1.43 bits per heavy atom. The van der Waals surface area contributed by atoms with Crippen molar-refractivity contribution in [1.82, 2.24) is 14.7 Å². The van der Waals surface area contributed by atoms with Gasteiger partial charge in [0, 0.05) is 25.7 Å². The first kappa shape index (κ1) is 23.5. The average Bonchev–Trinajstić information content (AvgIpc) is 2.91. The van der Waals surface area contributed by atoms with Crippen molar-refractivity contribution in [2.24, 2.45) is 4.99 Å². The average molecular weight is 394 g/mol. The van der Waals surface area contributed by atoms with E-state index in [0.29, 0.717) is 17.0 Å². The van der Waals surface area contributed by atoms with Gasteiger partial charge < -0.3 is 19.5 Å². The van der Waals surface area contributed by atoms with Crippen LogP contribution >= 0.6 is 0 Å². The van der Waals surface area contributed by atoms with Gasteiger partial charge in [-0.1, -0.05) is 0 Å². The van der Waals surface area contributed by atoms with E-state index >= 15 is 0 Å². The highest BCUT2D eigenvalue weighted by atomic mass is 16.6. The summed E-state index contributed by atoms with van der Waals surface area (Å²) in [6.07, 6.45) is 1.96. The SMILES string of the molecule is C=N/C=C\c1c(C(CN(C)C(=O)OC(C)(C)C)OCCO)nn(C(C)=O)c1C. The van der Waals surface area contributed by atoms with Crippen LogP contribution in [-0.2, 0) is 9.47 Å². The Labute approximate surface area is 165 Å². The number of ether oxygens (including phenoxy) is 2. The van der Waals surface area contributed by atoms with Crippen LogP contribution in [0.3, 0.4) is 0 Å². The lowest BCUT2D eigenvalue weighted by Gasteiger charge is -2.27. The van der Waals surface area contributed by atoms with Gasteiger partial charge in [-0.25, -0.2) is 9.48 Å². The van der Waals surface area contributed by atoms with Crippen LogP contribution in [0.15, 0.2) is 11.2 Å². The second kappa shape index (κ2) is 10.1. The summed E-state index contributed by atoms with van der Waals surface area (Å²) in [7, 11) is 1.58. The number of likely N-dealkylation sites (N-methyl/N-ethyl adjacent to an activating group) is 1. The van der Waals surface area contributed by atoms with Crippen LogP contribution in [0.5, 0.6) is 0 Å². The molecule has 1 N–H and O–H groups in total. The summed E-state index contributed by atoms with van der Waals surface area (Å²) in [5, 5.41) is 13.5. The number of aromatic nitrogens is 2. The number of aliphatic hydroxyl groups excluding tert-OH is 1. The van der Waals surface area contributed by atoms with Gasteiger partial charge in [-0.15, -0.1) is 0 Å². The Kier molecular flexibility index (Phi) is 8.52. The molecule has 9 nitrogen and oxygen atoms in total. The number of carbonyl (C=O) groups is 2. The number of hydrogen-bond donors (Lipinski definition) is 1. The summed E-state index contributed by atoms with van der Waals surface area (Å²) in [6, 6.07) is 0. The molecule has 1 aromatic rings. The third-order valence-electron chi connectivity index (χ3n) is 3.70. The van der Waals surface area contributed by atoms with Gasteiger partial charge in [-0.3, -0.25) is 9.79 Å². The van der Waals surface area contributed by atoms with Crippen molar-refractivity contribution in [3.63, 3.8) is 0 Å². The molecule has 1 unspecified atom stereocenters. The van der Waals surface area contributed by atoms with Crippen molar-refractivity contribution in [3.05, 3.63) is 23.2 Å². The molecule has 0 aromatic carbocycles. The second-order valence-electron chi connectivity index (χ2n) is 7.26. The fourth-order valence-electron chi connectivity index (χ4n) is 2.49. The number of carbonyl (C=O) groups excluding carboxylic acids is 2. The van der Waals surface area contributed by atoms with Crippen LogP contribution in [0.1, 0.15) is 55.5 Å². The molecule has 0 spiro atoms. The Morgan fingerprint density at radius 2 is 2.07 bits per heavy atom. The second-order valence-corrected chi connectivity index (χ2v) is 7.26. The molecule has 0 fully saturated rings. The highest BCUT2D eigenvalue weighted by molar-refractivity contribution is 5.77. The van der Waals surface area contributed by atoms with Crippen LogP contribution < -0.4 is 0 Å². The molecule has 1 aromatic heterocycles. The molecule has 0 radical (unpaired) electrons. The molecule has 0 aliphatic rings. The van der Waals surface area contributed by atoms with Crippen molar-refractivity contribution in [2.45, 2.75) is 46.3 Å². The summed E-state index contributed by atoms with van der Waals surface area (Å²) in [6.45, 7) is 11.9. The first-order valence-electron chi connectivity index (χ1n) is 8.91. The van der Waals surface area contributed by atoms with Gasteiger partial charge in [0.2, 0.25) is 5.91 Å². The lowest BCUT2D eigenvalue weighted by Crippen LogP contribution is -2.37. The van der Waals surface area contributed by atoms with E-state index in [9.17, 15) is 9.59 Å². The Bertz CT molecular complexity index is 733. The maximum atomic E-state index is 12.3. The highest BCUT2D eigenvalue weighted by Gasteiger charge is 2.28. The monoisotopic (exact) mass is 394 g/mol. The normalized spacial score (nSPS) is 12.8. The van der Waals surface area contributed by atoms with Crippen molar-refractivity contribution in [2.75, 3.05) is 26.8 Å². The van der Waals surface area contributed by atoms with Crippen molar-refractivity contribution in [3.8, 4) is 0 Å². The molecule has 156 valence electrons. The Morgan fingerprint density at radius 3 is 2.57 bits per heavy atom. The zero-order valence-electron chi connectivity index (χ0n) is 17.4. The Balaban J connectivity index is 3.27. The molecule has 1 rings (SSSR count). The maximum Gasteiger partial charge on any atom is 0.410 e. The molecule has 0 aliphatic heterocycles. The molecule has 9 heteroatoms. The molecule has 28 heavy (non-hydrogen) atoms. The topological polar surface area (TPSA) is 106 Å². The standard InChI is InChI=1S/C19H30N4O5/c1-13-15(8-9-20-6)17(21-23(13)14(2)25)16(27-11-10-24)12-22(7)18(26)28-19(3,4)5/h8-9,16,24H,6,10-12H2,1-5,7H3/b9-8-. The number of rotatable bonds is 8. The van der Waals surface area contributed by atoms with Gasteiger partial charge in [0.05, 0.1) is 25.5 Å². The quantitative estimate of drug-likeness (QED) is 0.679. The Hall–Kier alpha value is -2.52. The van der Waals surface area contributed by atoms with Crippen LogP contribution in [-0.4, -0.2) is 70.9 Å². The lowest BCUT2D eigenvalue weighted by molar-refractivity contribution is -0.00758. The van der Waals surface area contributed by atoms with Gasteiger partial charge in [0.15, 0.2) is 0 Å². The van der Waals surface area contributed by atoms with Crippen LogP contribution in [0.4, 0.5) is 4.79 Å². The van der Waals surface area contributed by atoms with E-state index < -0.39 is 17.8 Å². The number of aliphatic imine (C=N–C) groups is 1. The number of amides is 1. The van der Waals surface area contributed by atoms with Crippen LogP contribution in [0.25, 0.3) is 6.08 Å². The highest BCUT2D eigenvalue weighted by Crippen LogP contribution is 2.26. The molecule has 1 atom stereocenters. The van der Waals surface area contributed by atoms with Crippen molar-refractivity contribution in [1.29, 1.82) is 0 Å². The van der Waals surface area contributed by atoms with E-state index in [1.54, 1.807) is 40.8 Å². The number of aliphatic hydroxyl groups is 1. The first-order chi connectivity index (χ1) is 13.0. The van der Waals surface area contributed by atoms with E-state index in [1.165, 1.54) is 22.7 Å². The van der Waals surface area contributed by atoms with E-state index in [-0.39, 0.29) is 25.7 Å². The van der Waals surface area contributed by atoms with E-state index in [0.717, 1.165) is 0 Å². The maximum absolute atomic E-state index is 12.3. The molecule has 0 aliphatic carbocycles. The van der Waals surface area contributed by atoms with Crippen LogP contribution in [0.2, 0.25) is 0 Å². The third-order valence-corrected chi connectivity index (χ3v) is 3.70.